The molecule has 1 aliphatic heterocycles. The molecule has 1 atom stereocenters. The number of hydrogen-bond donors (Lipinski definition) is 1. The molecule has 24 heavy (non-hydrogen) atoms. The van der Waals surface area contributed by atoms with Crippen molar-refractivity contribution in [3.63, 3.8) is 0 Å². The predicted octanol–water partition coefficient (Wildman–Crippen LogP) is 2.16. The highest BCUT2D eigenvalue weighted by atomic mass is 35.5. The minimum absolute atomic E-state index is 0.0482. The lowest BCUT2D eigenvalue weighted by atomic mass is 10.1. The van der Waals surface area contributed by atoms with Gasteiger partial charge in [-0.05, 0) is 24.6 Å². The first-order valence-corrected chi connectivity index (χ1v) is 7.81. The first-order chi connectivity index (χ1) is 11.5. The Bertz CT molecular complexity index is 853. The van der Waals surface area contributed by atoms with Gasteiger partial charge in [-0.1, -0.05) is 29.3 Å². The summed E-state index contributed by atoms with van der Waals surface area (Å²) in [6.07, 6.45) is 1.22. The summed E-state index contributed by atoms with van der Waals surface area (Å²) in [5.74, 6) is 0.924. The summed E-state index contributed by atoms with van der Waals surface area (Å²) in [5.41, 5.74) is 0.233. The van der Waals surface area contributed by atoms with Gasteiger partial charge in [0.05, 0.1) is 17.3 Å². The molecule has 0 saturated heterocycles. The van der Waals surface area contributed by atoms with E-state index in [9.17, 15) is 9.59 Å². The first-order valence-electron chi connectivity index (χ1n) is 7.05. The molecule has 2 heterocycles. The van der Waals surface area contributed by atoms with E-state index in [0.29, 0.717) is 11.5 Å². The molecule has 1 aliphatic rings. The quantitative estimate of drug-likeness (QED) is 0.892. The van der Waals surface area contributed by atoms with Gasteiger partial charge in [0.25, 0.3) is 5.56 Å². The SMILES string of the molecule is C[C@@H](NC(=O)Cn1ncc(Cl)c(Cl)c1=O)c1ccc2c(c1)OCO2. The van der Waals surface area contributed by atoms with Crippen LogP contribution >= 0.6 is 23.2 Å². The highest BCUT2D eigenvalue weighted by Gasteiger charge is 2.17. The van der Waals surface area contributed by atoms with Gasteiger partial charge < -0.3 is 14.8 Å². The van der Waals surface area contributed by atoms with Crippen molar-refractivity contribution in [1.82, 2.24) is 15.1 Å². The minimum atomic E-state index is -0.616. The lowest BCUT2D eigenvalue weighted by Crippen LogP contribution is -2.35. The molecule has 126 valence electrons. The van der Waals surface area contributed by atoms with Crippen LogP contribution in [0.25, 0.3) is 0 Å². The van der Waals surface area contributed by atoms with Crippen LogP contribution in [0.15, 0.2) is 29.2 Å². The molecule has 0 radical (unpaired) electrons. The Morgan fingerprint density at radius 2 is 2.12 bits per heavy atom. The van der Waals surface area contributed by atoms with E-state index in [1.54, 1.807) is 12.1 Å². The van der Waals surface area contributed by atoms with Crippen molar-refractivity contribution >= 4 is 29.1 Å². The largest absolute Gasteiger partial charge is 0.454 e. The van der Waals surface area contributed by atoms with E-state index in [4.69, 9.17) is 32.7 Å². The van der Waals surface area contributed by atoms with Crippen LogP contribution in [-0.4, -0.2) is 22.5 Å². The van der Waals surface area contributed by atoms with Crippen molar-refractivity contribution in [1.29, 1.82) is 0 Å². The van der Waals surface area contributed by atoms with Crippen LogP contribution in [0, 0.1) is 0 Å². The Labute approximate surface area is 147 Å². The third-order valence-corrected chi connectivity index (χ3v) is 4.26. The fourth-order valence-corrected chi connectivity index (χ4v) is 2.52. The van der Waals surface area contributed by atoms with Gasteiger partial charge in [-0.2, -0.15) is 5.10 Å². The summed E-state index contributed by atoms with van der Waals surface area (Å²) in [4.78, 5) is 24.0. The average molecular weight is 370 g/mol. The highest BCUT2D eigenvalue weighted by molar-refractivity contribution is 6.41. The molecule has 0 unspecified atom stereocenters. The molecule has 3 rings (SSSR count). The Morgan fingerprint density at radius 3 is 2.92 bits per heavy atom. The molecule has 7 nitrogen and oxygen atoms in total. The number of halogens is 2. The average Bonchev–Trinajstić information content (AvgIpc) is 3.03. The molecule has 0 saturated carbocycles. The number of benzene rings is 1. The van der Waals surface area contributed by atoms with Crippen LogP contribution in [0.4, 0.5) is 0 Å². The first kappa shape index (κ1) is 16.6. The van der Waals surface area contributed by atoms with Crippen LogP contribution in [-0.2, 0) is 11.3 Å². The third kappa shape index (κ3) is 3.32. The summed E-state index contributed by atoms with van der Waals surface area (Å²) < 4.78 is 11.5. The molecule has 9 heteroatoms. The van der Waals surface area contributed by atoms with Crippen molar-refractivity contribution in [3.05, 3.63) is 50.4 Å². The van der Waals surface area contributed by atoms with E-state index in [0.717, 1.165) is 10.2 Å². The molecule has 0 aliphatic carbocycles. The fourth-order valence-electron chi connectivity index (χ4n) is 2.25. The Kier molecular flexibility index (Phi) is 4.64. The Hall–Kier alpha value is -2.25. The molecule has 1 N–H and O–H groups in total. The zero-order chi connectivity index (χ0) is 17.3. The summed E-state index contributed by atoms with van der Waals surface area (Å²) >= 11 is 11.5. The normalized spacial score (nSPS) is 13.6. The van der Waals surface area contributed by atoms with Crippen molar-refractivity contribution < 1.29 is 14.3 Å². The lowest BCUT2D eigenvalue weighted by molar-refractivity contribution is -0.122. The van der Waals surface area contributed by atoms with E-state index in [2.05, 4.69) is 10.4 Å². The van der Waals surface area contributed by atoms with Gasteiger partial charge in [-0.3, -0.25) is 9.59 Å². The summed E-state index contributed by atoms with van der Waals surface area (Å²) in [6.45, 7) is 1.75. The number of amides is 1. The number of fused-ring (bicyclic) bond motifs is 1. The van der Waals surface area contributed by atoms with Gasteiger partial charge in [0.2, 0.25) is 12.7 Å². The maximum Gasteiger partial charge on any atom is 0.287 e. The zero-order valence-corrected chi connectivity index (χ0v) is 14.1. The van der Waals surface area contributed by atoms with E-state index < -0.39 is 5.56 Å². The van der Waals surface area contributed by atoms with Crippen molar-refractivity contribution in [2.75, 3.05) is 6.79 Å². The van der Waals surface area contributed by atoms with Gasteiger partial charge in [-0.15, -0.1) is 0 Å². The van der Waals surface area contributed by atoms with Gasteiger partial charge in [0.1, 0.15) is 11.6 Å². The maximum absolute atomic E-state index is 12.1. The second kappa shape index (κ2) is 6.70. The second-order valence-electron chi connectivity index (χ2n) is 5.17. The molecule has 0 fully saturated rings. The van der Waals surface area contributed by atoms with Crippen LogP contribution in [0.3, 0.4) is 0 Å². The van der Waals surface area contributed by atoms with E-state index >= 15 is 0 Å². The van der Waals surface area contributed by atoms with E-state index in [1.807, 2.05) is 13.0 Å². The van der Waals surface area contributed by atoms with Crippen molar-refractivity contribution in [2.45, 2.75) is 19.5 Å². The summed E-state index contributed by atoms with van der Waals surface area (Å²) in [7, 11) is 0. The maximum atomic E-state index is 12.1. The van der Waals surface area contributed by atoms with Crippen LogP contribution < -0.4 is 20.3 Å². The number of ether oxygens (including phenoxy) is 2. The highest BCUT2D eigenvalue weighted by Crippen LogP contribution is 2.34. The number of carbonyl (C=O) groups is 1. The third-order valence-electron chi connectivity index (χ3n) is 3.51. The van der Waals surface area contributed by atoms with E-state index in [1.165, 1.54) is 6.20 Å². The van der Waals surface area contributed by atoms with Crippen LogP contribution in [0.1, 0.15) is 18.5 Å². The summed E-state index contributed by atoms with van der Waals surface area (Å²) in [6, 6.07) is 5.13. The topological polar surface area (TPSA) is 82.5 Å². The smallest absolute Gasteiger partial charge is 0.287 e. The van der Waals surface area contributed by atoms with Crippen LogP contribution in [0.5, 0.6) is 11.5 Å². The monoisotopic (exact) mass is 369 g/mol. The molecular weight excluding hydrogens is 357 g/mol. The standard InChI is InChI=1S/C15H13Cl2N3O4/c1-8(9-2-3-11-12(4-9)24-7-23-11)19-13(21)6-20-15(22)14(17)10(16)5-18-20/h2-5,8H,6-7H2,1H3,(H,19,21)/t8-/m1/s1. The van der Waals surface area contributed by atoms with Crippen molar-refractivity contribution in [2.24, 2.45) is 0 Å². The van der Waals surface area contributed by atoms with Gasteiger partial charge in [-0.25, -0.2) is 4.68 Å². The molecule has 0 bridgehead atoms. The number of rotatable bonds is 4. The molecule has 1 aromatic heterocycles. The molecular formula is C15H13Cl2N3O4. The Morgan fingerprint density at radius 1 is 1.38 bits per heavy atom. The van der Waals surface area contributed by atoms with Crippen LogP contribution in [0.2, 0.25) is 10.0 Å². The second-order valence-corrected chi connectivity index (χ2v) is 5.96. The number of aromatic nitrogens is 2. The van der Waals surface area contributed by atoms with Gasteiger partial charge in [0, 0.05) is 0 Å². The molecule has 1 aromatic carbocycles. The Balaban J connectivity index is 1.69. The predicted molar refractivity (Wildman–Crippen MR) is 87.6 cm³/mol. The molecule has 0 spiro atoms. The molecule has 2 aromatic rings. The number of carbonyl (C=O) groups excluding carboxylic acids is 1. The number of hydrogen-bond acceptors (Lipinski definition) is 5. The number of nitrogens with zero attached hydrogens (tertiary/aromatic N) is 2. The van der Waals surface area contributed by atoms with E-state index in [-0.39, 0.29) is 35.3 Å². The summed E-state index contributed by atoms with van der Waals surface area (Å²) in [5, 5.41) is 6.47. The van der Waals surface area contributed by atoms with Gasteiger partial charge >= 0.3 is 0 Å². The lowest BCUT2D eigenvalue weighted by Gasteiger charge is -2.15. The van der Waals surface area contributed by atoms with Crippen molar-refractivity contribution in [3.8, 4) is 11.5 Å². The van der Waals surface area contributed by atoms with Gasteiger partial charge in [0.15, 0.2) is 11.5 Å². The fraction of sp³-hybridized carbons (Fsp3) is 0.267. The minimum Gasteiger partial charge on any atom is -0.454 e. The number of nitrogens with one attached hydrogen (secondary N) is 1. The zero-order valence-electron chi connectivity index (χ0n) is 12.6. The molecule has 1 amide bonds.